The van der Waals surface area contributed by atoms with Crippen LogP contribution >= 0.6 is 0 Å². The van der Waals surface area contributed by atoms with E-state index in [-0.39, 0.29) is 22.2 Å². The van der Waals surface area contributed by atoms with E-state index in [4.69, 9.17) is 4.74 Å². The van der Waals surface area contributed by atoms with Crippen molar-refractivity contribution < 1.29 is 23.1 Å². The smallest absolute Gasteiger partial charge is 0.353 e. The molecule has 3 heterocycles. The van der Waals surface area contributed by atoms with Crippen molar-refractivity contribution in [2.45, 2.75) is 43.2 Å². The molecule has 1 aromatic carbocycles. The summed E-state index contributed by atoms with van der Waals surface area (Å²) in [6, 6.07) is 6.81. The average Bonchev–Trinajstić information content (AvgIpc) is 3.24. The molecule has 0 aliphatic carbocycles. The Balaban J connectivity index is 1.87. The molecular formula is C19H22N4O5S. The second kappa shape index (κ2) is 6.67. The van der Waals surface area contributed by atoms with Gasteiger partial charge in [0.2, 0.25) is 0 Å². The van der Waals surface area contributed by atoms with E-state index >= 15 is 0 Å². The molecule has 29 heavy (non-hydrogen) atoms. The first-order valence-electron chi connectivity index (χ1n) is 9.23. The third kappa shape index (κ3) is 3.32. The highest BCUT2D eigenvalue weighted by molar-refractivity contribution is 7.90. The Morgan fingerprint density at radius 3 is 2.69 bits per heavy atom. The molecule has 2 aromatic heterocycles. The van der Waals surface area contributed by atoms with Gasteiger partial charge < -0.3 is 9.84 Å². The van der Waals surface area contributed by atoms with Gasteiger partial charge in [-0.05, 0) is 56.4 Å². The minimum atomic E-state index is -4.19. The van der Waals surface area contributed by atoms with E-state index in [1.165, 1.54) is 13.1 Å². The van der Waals surface area contributed by atoms with Crippen LogP contribution in [0.3, 0.4) is 0 Å². The molecule has 0 radical (unpaired) electrons. The van der Waals surface area contributed by atoms with Crippen LogP contribution in [0.2, 0.25) is 0 Å². The molecule has 1 fully saturated rings. The van der Waals surface area contributed by atoms with Gasteiger partial charge in [-0.1, -0.05) is 11.3 Å². The number of rotatable bonds is 4. The Hall–Kier alpha value is -2.72. The van der Waals surface area contributed by atoms with Crippen LogP contribution in [0, 0.1) is 0 Å². The molecule has 1 aliphatic heterocycles. The Morgan fingerprint density at radius 2 is 2.07 bits per heavy atom. The second-order valence-corrected chi connectivity index (χ2v) is 9.65. The number of benzene rings is 1. The van der Waals surface area contributed by atoms with Crippen LogP contribution in [0.5, 0.6) is 0 Å². The Morgan fingerprint density at radius 1 is 1.31 bits per heavy atom. The predicted octanol–water partition coefficient (Wildman–Crippen LogP) is 2.38. The lowest BCUT2D eigenvalue weighted by molar-refractivity contribution is -0.0592. The molecule has 0 amide bonds. The number of ether oxygens (including phenoxy) is 1. The lowest BCUT2D eigenvalue weighted by Gasteiger charge is -2.35. The number of aryl methyl sites for hydroxylation is 1. The molecule has 9 nitrogen and oxygen atoms in total. The van der Waals surface area contributed by atoms with E-state index in [1.807, 2.05) is 26.0 Å². The highest BCUT2D eigenvalue weighted by Crippen LogP contribution is 2.37. The van der Waals surface area contributed by atoms with E-state index in [9.17, 15) is 18.3 Å². The minimum absolute atomic E-state index is 0.187. The monoisotopic (exact) mass is 418 g/mol. The molecule has 1 unspecified atom stereocenters. The third-order valence-corrected chi connectivity index (χ3v) is 7.12. The van der Waals surface area contributed by atoms with Crippen molar-refractivity contribution in [2.75, 3.05) is 6.61 Å². The number of carboxylic acid groups (broad SMARTS) is 1. The second-order valence-electron chi connectivity index (χ2n) is 7.92. The van der Waals surface area contributed by atoms with Gasteiger partial charge in [-0.25, -0.2) is 13.4 Å². The molecule has 1 atom stereocenters. The van der Waals surface area contributed by atoms with E-state index in [2.05, 4.69) is 10.3 Å². The van der Waals surface area contributed by atoms with E-state index in [1.54, 1.807) is 6.07 Å². The summed E-state index contributed by atoms with van der Waals surface area (Å²) in [5.41, 5.74) is 0.790. The lowest BCUT2D eigenvalue weighted by Crippen LogP contribution is -2.32. The van der Waals surface area contributed by atoms with Crippen molar-refractivity contribution in [1.82, 2.24) is 19.0 Å². The van der Waals surface area contributed by atoms with Gasteiger partial charge in [-0.3, -0.25) is 0 Å². The van der Waals surface area contributed by atoms with Gasteiger partial charge in [0.25, 0.3) is 10.0 Å². The van der Waals surface area contributed by atoms with Crippen molar-refractivity contribution >= 4 is 26.9 Å². The molecule has 0 spiro atoms. The zero-order valence-corrected chi connectivity index (χ0v) is 17.2. The largest absolute Gasteiger partial charge is 0.477 e. The Bertz CT molecular complexity index is 1210. The van der Waals surface area contributed by atoms with Gasteiger partial charge in [0.05, 0.1) is 17.3 Å². The van der Waals surface area contributed by atoms with Crippen molar-refractivity contribution in [3.05, 3.63) is 41.7 Å². The average molecular weight is 418 g/mol. The first-order chi connectivity index (χ1) is 13.6. The van der Waals surface area contributed by atoms with Crippen LogP contribution in [0.15, 0.2) is 35.5 Å². The maximum atomic E-state index is 13.2. The summed E-state index contributed by atoms with van der Waals surface area (Å²) in [4.78, 5) is 11.8. The summed E-state index contributed by atoms with van der Waals surface area (Å²) in [6.07, 6.45) is 2.80. The summed E-state index contributed by atoms with van der Waals surface area (Å²) in [6.45, 7) is 4.75. The van der Waals surface area contributed by atoms with Gasteiger partial charge in [0.1, 0.15) is 5.69 Å². The zero-order valence-electron chi connectivity index (χ0n) is 16.4. The highest BCUT2D eigenvalue weighted by Gasteiger charge is 2.32. The number of fused-ring (bicyclic) bond motifs is 1. The first-order valence-corrected chi connectivity index (χ1v) is 10.7. The standard InChI is InChI=1S/C19H22N4O5S/c1-19(2)10-13(6-7-28-19)12-4-5-15-14(8-12)9-16(18(24)25)23(15)29(26,27)17-11-20-21-22(17)3/h4-5,8-9,11,13H,6-7,10H2,1-3H3,(H,24,25). The summed E-state index contributed by atoms with van der Waals surface area (Å²) in [5, 5.41) is 17.3. The fourth-order valence-corrected chi connectivity index (χ4v) is 5.55. The molecule has 1 N–H and O–H groups in total. The van der Waals surface area contributed by atoms with Crippen LogP contribution in [-0.4, -0.2) is 50.7 Å². The van der Waals surface area contributed by atoms with Crippen LogP contribution in [-0.2, 0) is 21.8 Å². The molecular weight excluding hydrogens is 396 g/mol. The summed E-state index contributed by atoms with van der Waals surface area (Å²) < 4.78 is 34.1. The number of nitrogens with zero attached hydrogens (tertiary/aromatic N) is 4. The number of carboxylic acids is 1. The maximum Gasteiger partial charge on any atom is 0.353 e. The summed E-state index contributed by atoms with van der Waals surface area (Å²) in [7, 11) is -2.75. The summed E-state index contributed by atoms with van der Waals surface area (Å²) >= 11 is 0. The molecule has 4 rings (SSSR count). The Labute approximate surface area is 167 Å². The van der Waals surface area contributed by atoms with Gasteiger partial charge in [0, 0.05) is 19.0 Å². The SMILES string of the molecule is Cn1nncc1S(=O)(=O)n1c(C(=O)O)cc2cc(C3CCOC(C)(C)C3)ccc21. The molecule has 154 valence electrons. The zero-order chi connectivity index (χ0) is 21.0. The maximum absolute atomic E-state index is 13.2. The lowest BCUT2D eigenvalue weighted by atomic mass is 9.83. The topological polar surface area (TPSA) is 116 Å². The number of aromatic carboxylic acids is 1. The predicted molar refractivity (Wildman–Crippen MR) is 104 cm³/mol. The molecule has 1 saturated heterocycles. The van der Waals surface area contributed by atoms with Crippen molar-refractivity contribution in [2.24, 2.45) is 7.05 Å². The van der Waals surface area contributed by atoms with Crippen LogP contribution < -0.4 is 0 Å². The molecule has 0 saturated carbocycles. The van der Waals surface area contributed by atoms with Gasteiger partial charge in [0.15, 0.2) is 5.03 Å². The minimum Gasteiger partial charge on any atom is -0.477 e. The molecule has 1 aliphatic rings. The van der Waals surface area contributed by atoms with Crippen LogP contribution in [0.25, 0.3) is 10.9 Å². The van der Waals surface area contributed by atoms with E-state index in [0.29, 0.717) is 17.5 Å². The quantitative estimate of drug-likeness (QED) is 0.691. The molecule has 0 bridgehead atoms. The van der Waals surface area contributed by atoms with Gasteiger partial charge in [-0.2, -0.15) is 8.42 Å². The number of hydrogen-bond acceptors (Lipinski definition) is 6. The van der Waals surface area contributed by atoms with Crippen LogP contribution in [0.1, 0.15) is 48.7 Å². The number of aromatic nitrogens is 4. The van der Waals surface area contributed by atoms with Crippen molar-refractivity contribution in [3.8, 4) is 0 Å². The highest BCUT2D eigenvalue weighted by atomic mass is 32.2. The Kier molecular flexibility index (Phi) is 4.50. The first kappa shape index (κ1) is 19.6. The molecule has 10 heteroatoms. The van der Waals surface area contributed by atoms with Crippen LogP contribution in [0.4, 0.5) is 0 Å². The van der Waals surface area contributed by atoms with Gasteiger partial charge >= 0.3 is 5.97 Å². The fourth-order valence-electron chi connectivity index (χ4n) is 3.99. The fraction of sp³-hybridized carbons (Fsp3) is 0.421. The normalized spacial score (nSPS) is 19.5. The molecule has 3 aromatic rings. The van der Waals surface area contributed by atoms with Crippen molar-refractivity contribution in [3.63, 3.8) is 0 Å². The number of hydrogen-bond donors (Lipinski definition) is 1. The summed E-state index contributed by atoms with van der Waals surface area (Å²) in [5.74, 6) is -1.06. The van der Waals surface area contributed by atoms with E-state index in [0.717, 1.165) is 33.3 Å². The van der Waals surface area contributed by atoms with Crippen molar-refractivity contribution in [1.29, 1.82) is 0 Å². The van der Waals surface area contributed by atoms with E-state index < -0.39 is 16.0 Å². The van der Waals surface area contributed by atoms with Gasteiger partial charge in [-0.15, -0.1) is 5.10 Å². The number of carbonyl (C=O) groups is 1. The third-order valence-electron chi connectivity index (χ3n) is 5.35.